The van der Waals surface area contributed by atoms with Gasteiger partial charge in [-0.15, -0.1) is 0 Å². The third-order valence-corrected chi connectivity index (χ3v) is 4.33. The van der Waals surface area contributed by atoms with Crippen molar-refractivity contribution in [2.45, 2.75) is 0 Å². The van der Waals surface area contributed by atoms with Gasteiger partial charge in [-0.25, -0.2) is 0 Å². The highest BCUT2D eigenvalue weighted by molar-refractivity contribution is 8.26. The number of halogens is 1. The monoisotopic (exact) mass is 359 g/mol. The summed E-state index contributed by atoms with van der Waals surface area (Å²) in [7, 11) is 3.06. The molecule has 1 saturated heterocycles. The van der Waals surface area contributed by atoms with E-state index in [1.54, 1.807) is 25.3 Å². The lowest BCUT2D eigenvalue weighted by Crippen LogP contribution is -2.22. The maximum atomic E-state index is 11.9. The Hall–Kier alpha value is -1.86. The van der Waals surface area contributed by atoms with E-state index in [1.807, 2.05) is 0 Å². The molecule has 116 valence electrons. The second-order valence-electron chi connectivity index (χ2n) is 3.88. The molecule has 0 spiro atoms. The third-order valence-electron chi connectivity index (χ3n) is 2.55. The molecule has 0 bridgehead atoms. The van der Waals surface area contributed by atoms with Crippen molar-refractivity contribution in [2.75, 3.05) is 14.2 Å². The zero-order valence-electron chi connectivity index (χ0n) is 11.5. The Morgan fingerprint density at radius 3 is 2.50 bits per heavy atom. The molecule has 1 heterocycles. The van der Waals surface area contributed by atoms with E-state index < -0.39 is 0 Å². The van der Waals surface area contributed by atoms with Gasteiger partial charge < -0.3 is 9.84 Å². The number of phenols is 1. The van der Waals surface area contributed by atoms with Gasteiger partial charge in [-0.1, -0.05) is 35.6 Å². The number of ether oxygens (including phenoxy) is 1. The summed E-state index contributed by atoms with van der Waals surface area (Å²) in [4.78, 5) is 30.0. The van der Waals surface area contributed by atoms with Crippen LogP contribution in [0.1, 0.15) is 5.56 Å². The number of amides is 1. The van der Waals surface area contributed by atoms with Crippen molar-refractivity contribution in [3.8, 4) is 11.5 Å². The van der Waals surface area contributed by atoms with Crippen molar-refractivity contribution in [3.63, 3.8) is 0 Å². The molecule has 0 aliphatic carbocycles. The molecule has 0 aromatic heterocycles. The molecule has 0 saturated carbocycles. The van der Waals surface area contributed by atoms with Crippen LogP contribution in [0.4, 0.5) is 0 Å². The van der Waals surface area contributed by atoms with Gasteiger partial charge in [0.15, 0.2) is 11.5 Å². The molecule has 22 heavy (non-hydrogen) atoms. The number of aromatic hydroxyl groups is 1. The van der Waals surface area contributed by atoms with Crippen LogP contribution in [0.5, 0.6) is 11.5 Å². The minimum atomic E-state index is -0.154. The molecule has 1 fully saturated rings. The highest BCUT2D eigenvalue weighted by Crippen LogP contribution is 2.37. The van der Waals surface area contributed by atoms with E-state index in [0.717, 1.165) is 0 Å². The standard InChI is InChI=1S/C12H10ClNO3S2.CO2/c1-14-11(16)9(19-12(14)18)5-6-3-7(13)10(15)8(4-6)17-2;2-1-3/h3-5,15H,1-2H3;/b9-5+;. The first-order chi connectivity index (χ1) is 10.3. The van der Waals surface area contributed by atoms with Gasteiger partial charge in [0.1, 0.15) is 4.32 Å². The van der Waals surface area contributed by atoms with Crippen molar-refractivity contribution in [1.29, 1.82) is 0 Å². The second kappa shape index (κ2) is 7.95. The maximum absolute atomic E-state index is 11.9. The van der Waals surface area contributed by atoms with E-state index in [-0.39, 0.29) is 28.6 Å². The fraction of sp³-hybridized carbons (Fsp3) is 0.154. The third kappa shape index (κ3) is 4.08. The van der Waals surface area contributed by atoms with Crippen LogP contribution < -0.4 is 4.74 Å². The predicted molar refractivity (Wildman–Crippen MR) is 85.6 cm³/mol. The number of carbonyl (C=O) groups excluding carboxylic acids is 3. The number of likely N-dealkylation sites (N-methyl/N-ethyl adjacent to an activating group) is 1. The van der Waals surface area contributed by atoms with Gasteiger partial charge in [-0.2, -0.15) is 9.59 Å². The van der Waals surface area contributed by atoms with Crippen LogP contribution >= 0.6 is 35.6 Å². The van der Waals surface area contributed by atoms with Crippen LogP contribution in [-0.4, -0.2) is 40.5 Å². The molecule has 0 radical (unpaired) electrons. The number of thioether (sulfide) groups is 1. The van der Waals surface area contributed by atoms with E-state index in [2.05, 4.69) is 0 Å². The van der Waals surface area contributed by atoms with Gasteiger partial charge in [0, 0.05) is 7.05 Å². The maximum Gasteiger partial charge on any atom is 0.373 e. The van der Waals surface area contributed by atoms with Crippen LogP contribution in [0.3, 0.4) is 0 Å². The van der Waals surface area contributed by atoms with Crippen LogP contribution in [0.25, 0.3) is 6.08 Å². The van der Waals surface area contributed by atoms with Crippen molar-refractivity contribution in [2.24, 2.45) is 0 Å². The SMILES string of the molecule is COc1cc(/C=C2/SC(=S)N(C)C2=O)cc(Cl)c1O.O=C=O. The van der Waals surface area contributed by atoms with E-state index in [0.29, 0.717) is 14.8 Å². The zero-order valence-corrected chi connectivity index (χ0v) is 13.8. The van der Waals surface area contributed by atoms with Gasteiger partial charge in [0.05, 0.1) is 17.0 Å². The Balaban J connectivity index is 0.000000745. The zero-order chi connectivity index (χ0) is 16.9. The Labute approximate surface area is 140 Å². The van der Waals surface area contributed by atoms with E-state index >= 15 is 0 Å². The summed E-state index contributed by atoms with van der Waals surface area (Å²) < 4.78 is 5.52. The minimum absolute atomic E-state index is 0.121. The van der Waals surface area contributed by atoms with Crippen molar-refractivity contribution < 1.29 is 24.2 Å². The largest absolute Gasteiger partial charge is 0.503 e. The van der Waals surface area contributed by atoms with Crippen molar-refractivity contribution in [3.05, 3.63) is 27.6 Å². The molecule has 1 amide bonds. The lowest BCUT2D eigenvalue weighted by atomic mass is 10.2. The number of benzene rings is 1. The smallest absolute Gasteiger partial charge is 0.373 e. The van der Waals surface area contributed by atoms with E-state index in [9.17, 15) is 9.90 Å². The normalized spacial score (nSPS) is 15.4. The summed E-state index contributed by atoms with van der Waals surface area (Å²) >= 11 is 12.2. The first-order valence-corrected chi connectivity index (χ1v) is 7.23. The average molecular weight is 360 g/mol. The molecule has 1 aliphatic heterocycles. The molecule has 0 atom stereocenters. The Kier molecular flexibility index (Phi) is 6.58. The molecule has 1 aliphatic rings. The molecular weight excluding hydrogens is 350 g/mol. The lowest BCUT2D eigenvalue weighted by molar-refractivity contribution is -0.191. The van der Waals surface area contributed by atoms with Crippen molar-refractivity contribution >= 4 is 58.0 Å². The number of phenolic OH excluding ortho intramolecular Hbond substituents is 1. The number of hydrogen-bond acceptors (Lipinski definition) is 7. The molecule has 9 heteroatoms. The second-order valence-corrected chi connectivity index (χ2v) is 5.96. The highest BCUT2D eigenvalue weighted by atomic mass is 35.5. The number of methoxy groups -OCH3 is 1. The first-order valence-electron chi connectivity index (χ1n) is 5.63. The van der Waals surface area contributed by atoms with E-state index in [4.69, 9.17) is 38.1 Å². The number of carbonyl (C=O) groups is 1. The van der Waals surface area contributed by atoms with Crippen molar-refractivity contribution in [1.82, 2.24) is 4.90 Å². The molecule has 1 aromatic rings. The van der Waals surface area contributed by atoms with Gasteiger partial charge in [0.2, 0.25) is 0 Å². The number of hydrogen-bond donors (Lipinski definition) is 1. The minimum Gasteiger partial charge on any atom is -0.503 e. The molecule has 1 aromatic carbocycles. The van der Waals surface area contributed by atoms with Crippen LogP contribution in [0, 0.1) is 0 Å². The van der Waals surface area contributed by atoms with Crippen LogP contribution in [-0.2, 0) is 14.4 Å². The highest BCUT2D eigenvalue weighted by Gasteiger charge is 2.28. The summed E-state index contributed by atoms with van der Waals surface area (Å²) in [5, 5.41) is 9.80. The first kappa shape index (κ1) is 18.2. The number of nitrogens with zero attached hydrogens (tertiary/aromatic N) is 1. The Bertz CT molecular complexity index is 683. The fourth-order valence-electron chi connectivity index (χ4n) is 1.53. The fourth-order valence-corrected chi connectivity index (χ4v) is 2.93. The predicted octanol–water partition coefficient (Wildman–Crippen LogP) is 2.30. The molecule has 2 rings (SSSR count). The number of rotatable bonds is 2. The van der Waals surface area contributed by atoms with Crippen LogP contribution in [0.2, 0.25) is 5.02 Å². The summed E-state index contributed by atoms with van der Waals surface area (Å²) in [6.07, 6.45) is 1.91. The quantitative estimate of drug-likeness (QED) is 0.640. The summed E-state index contributed by atoms with van der Waals surface area (Å²) in [5.74, 6) is -0.0201. The van der Waals surface area contributed by atoms with Gasteiger partial charge in [-0.3, -0.25) is 9.69 Å². The van der Waals surface area contributed by atoms with Gasteiger partial charge in [-0.05, 0) is 23.8 Å². The van der Waals surface area contributed by atoms with E-state index in [1.165, 1.54) is 23.8 Å². The number of thiocarbonyl (C=S) groups is 1. The molecule has 1 N–H and O–H groups in total. The summed E-state index contributed by atoms with van der Waals surface area (Å²) in [6, 6.07) is 3.16. The molecule has 6 nitrogen and oxygen atoms in total. The summed E-state index contributed by atoms with van der Waals surface area (Å²) in [6.45, 7) is 0. The lowest BCUT2D eigenvalue weighted by Gasteiger charge is -2.06. The van der Waals surface area contributed by atoms with Crippen LogP contribution in [0.15, 0.2) is 17.0 Å². The Morgan fingerprint density at radius 1 is 1.45 bits per heavy atom. The topological polar surface area (TPSA) is 83.9 Å². The Morgan fingerprint density at radius 2 is 2.05 bits per heavy atom. The summed E-state index contributed by atoms with van der Waals surface area (Å²) in [5.41, 5.74) is 0.661. The average Bonchev–Trinajstić information content (AvgIpc) is 2.71. The van der Waals surface area contributed by atoms with Gasteiger partial charge in [0.25, 0.3) is 5.91 Å². The molecule has 0 unspecified atom stereocenters. The molecular formula is C13H10ClNO5S2. The van der Waals surface area contributed by atoms with Gasteiger partial charge >= 0.3 is 6.15 Å².